The Labute approximate surface area is 151 Å². The van der Waals surface area contributed by atoms with Crippen LogP contribution >= 0.6 is 15.9 Å². The molecule has 3 heterocycles. The molecule has 0 amide bonds. The number of aliphatic imine (C=N–C) groups is 2. The minimum atomic E-state index is 0.347. The normalized spacial score (nSPS) is 26.2. The molecule has 3 aliphatic rings. The maximum Gasteiger partial charge on any atom is 0.110 e. The molecule has 5 heteroatoms. The van der Waals surface area contributed by atoms with Gasteiger partial charge in [-0.25, -0.2) is 4.99 Å². The summed E-state index contributed by atoms with van der Waals surface area (Å²) in [6, 6.07) is 4.44. The molecule has 1 N–H and O–H groups in total. The molecule has 0 aromatic heterocycles. The van der Waals surface area contributed by atoms with Gasteiger partial charge in [0, 0.05) is 54.9 Å². The largest absolute Gasteiger partial charge is 0.357 e. The number of allylic oxidation sites excluding steroid dienone is 2. The first-order chi connectivity index (χ1) is 11.6. The Kier molecular flexibility index (Phi) is 4.31. The number of hydrogen-bond acceptors (Lipinski definition) is 4. The van der Waals surface area contributed by atoms with Crippen LogP contribution < -0.4 is 5.32 Å². The third kappa shape index (κ3) is 2.74. The second-order valence-corrected chi connectivity index (χ2v) is 7.71. The summed E-state index contributed by atoms with van der Waals surface area (Å²) in [7, 11) is 0. The highest BCUT2D eigenvalue weighted by Crippen LogP contribution is 2.42. The molecular weight excluding hydrogens is 364 g/mol. The molecule has 126 valence electrons. The molecule has 2 unspecified atom stereocenters. The summed E-state index contributed by atoms with van der Waals surface area (Å²) >= 11 is 3.69. The predicted octanol–water partition coefficient (Wildman–Crippen LogP) is 3.43. The molecule has 4 nitrogen and oxygen atoms in total. The van der Waals surface area contributed by atoms with Crippen LogP contribution in [0.4, 0.5) is 5.69 Å². The quantitative estimate of drug-likeness (QED) is 0.741. The molecule has 1 saturated heterocycles. The fourth-order valence-electron chi connectivity index (χ4n) is 3.87. The van der Waals surface area contributed by atoms with Crippen molar-refractivity contribution in [1.82, 2.24) is 10.2 Å². The van der Waals surface area contributed by atoms with Gasteiger partial charge in [-0.2, -0.15) is 0 Å². The van der Waals surface area contributed by atoms with Crippen molar-refractivity contribution >= 4 is 39.2 Å². The number of hydrogen-bond donors (Lipinski definition) is 1. The van der Waals surface area contributed by atoms with Gasteiger partial charge in [-0.3, -0.25) is 4.99 Å². The van der Waals surface area contributed by atoms with Crippen LogP contribution in [0.25, 0.3) is 5.57 Å². The van der Waals surface area contributed by atoms with Crippen LogP contribution in [0.5, 0.6) is 0 Å². The van der Waals surface area contributed by atoms with Gasteiger partial charge in [0.15, 0.2) is 0 Å². The van der Waals surface area contributed by atoms with E-state index in [2.05, 4.69) is 63.2 Å². The van der Waals surface area contributed by atoms with Crippen molar-refractivity contribution in [1.29, 1.82) is 0 Å². The number of rotatable bonds is 0. The van der Waals surface area contributed by atoms with Crippen LogP contribution in [0.3, 0.4) is 0 Å². The summed E-state index contributed by atoms with van der Waals surface area (Å²) in [6.45, 7) is 9.37. The second-order valence-electron chi connectivity index (χ2n) is 6.86. The lowest BCUT2D eigenvalue weighted by atomic mass is 9.83. The fraction of sp³-hybridized carbons (Fsp3) is 0.474. The van der Waals surface area contributed by atoms with Gasteiger partial charge in [0.1, 0.15) is 5.84 Å². The van der Waals surface area contributed by atoms with E-state index < -0.39 is 0 Å². The zero-order valence-corrected chi connectivity index (χ0v) is 15.8. The Balaban J connectivity index is 1.90. The molecule has 1 fully saturated rings. The fourth-order valence-corrected chi connectivity index (χ4v) is 4.21. The average Bonchev–Trinajstić information content (AvgIpc) is 2.84. The number of nitrogens with one attached hydrogen (secondary N) is 1. The molecule has 0 spiro atoms. The van der Waals surface area contributed by atoms with E-state index in [4.69, 9.17) is 4.99 Å². The van der Waals surface area contributed by atoms with Crippen LogP contribution in [-0.4, -0.2) is 49.7 Å². The zero-order chi connectivity index (χ0) is 16.7. The average molecular weight is 387 g/mol. The molecule has 0 saturated carbocycles. The molecule has 3 aliphatic heterocycles. The van der Waals surface area contributed by atoms with Gasteiger partial charge in [-0.1, -0.05) is 22.9 Å². The van der Waals surface area contributed by atoms with E-state index in [0.29, 0.717) is 11.8 Å². The highest BCUT2D eigenvalue weighted by molar-refractivity contribution is 9.10. The number of amidine groups is 1. The van der Waals surface area contributed by atoms with E-state index in [0.717, 1.165) is 42.9 Å². The third-order valence-corrected chi connectivity index (χ3v) is 6.21. The Morgan fingerprint density at radius 2 is 2.04 bits per heavy atom. The Hall–Kier alpha value is -1.46. The van der Waals surface area contributed by atoms with Crippen LogP contribution in [0.1, 0.15) is 18.1 Å². The Morgan fingerprint density at radius 3 is 2.83 bits per heavy atom. The SMILES string of the molecule is Cc1cc2c(cc1Br)C1=CC=NCC(C(N3CCNCC3)=N2)C1C. The van der Waals surface area contributed by atoms with Crippen LogP contribution in [0.15, 0.2) is 32.7 Å². The third-order valence-electron chi connectivity index (χ3n) is 5.35. The maximum absolute atomic E-state index is 5.18. The van der Waals surface area contributed by atoms with E-state index in [-0.39, 0.29) is 0 Å². The molecule has 2 atom stereocenters. The number of piperazine rings is 1. The molecule has 2 bridgehead atoms. The first-order valence-corrected chi connectivity index (χ1v) is 9.49. The Bertz CT molecular complexity index is 744. The van der Waals surface area contributed by atoms with Gasteiger partial charge in [-0.05, 0) is 42.2 Å². The highest BCUT2D eigenvalue weighted by Gasteiger charge is 2.34. The minimum absolute atomic E-state index is 0.347. The van der Waals surface area contributed by atoms with E-state index in [1.807, 2.05) is 6.21 Å². The van der Waals surface area contributed by atoms with Crippen molar-refractivity contribution in [3.63, 3.8) is 0 Å². The summed E-state index contributed by atoms with van der Waals surface area (Å²) in [5.74, 6) is 1.98. The van der Waals surface area contributed by atoms with Gasteiger partial charge in [0.2, 0.25) is 0 Å². The number of nitrogens with zero attached hydrogens (tertiary/aromatic N) is 3. The van der Waals surface area contributed by atoms with Crippen molar-refractivity contribution in [2.45, 2.75) is 13.8 Å². The summed E-state index contributed by atoms with van der Waals surface area (Å²) < 4.78 is 1.15. The minimum Gasteiger partial charge on any atom is -0.357 e. The lowest BCUT2D eigenvalue weighted by Gasteiger charge is -2.35. The van der Waals surface area contributed by atoms with E-state index in [1.165, 1.54) is 22.5 Å². The Morgan fingerprint density at radius 1 is 1.25 bits per heavy atom. The van der Waals surface area contributed by atoms with Crippen molar-refractivity contribution < 1.29 is 0 Å². The van der Waals surface area contributed by atoms with Gasteiger partial charge in [0.25, 0.3) is 0 Å². The smallest absolute Gasteiger partial charge is 0.110 e. The number of halogens is 1. The predicted molar refractivity (Wildman–Crippen MR) is 104 cm³/mol. The van der Waals surface area contributed by atoms with Crippen molar-refractivity contribution in [2.24, 2.45) is 21.8 Å². The van der Waals surface area contributed by atoms with Crippen molar-refractivity contribution in [2.75, 3.05) is 32.7 Å². The van der Waals surface area contributed by atoms with Crippen LogP contribution in [0.2, 0.25) is 0 Å². The molecule has 4 rings (SSSR count). The molecule has 1 aromatic rings. The molecular formula is C19H23BrN4. The number of aryl methyl sites for hydroxylation is 1. The summed E-state index contributed by atoms with van der Waals surface area (Å²) in [5.41, 5.74) is 4.92. The van der Waals surface area contributed by atoms with E-state index in [1.54, 1.807) is 0 Å². The highest BCUT2D eigenvalue weighted by atomic mass is 79.9. The second kappa shape index (κ2) is 6.45. The monoisotopic (exact) mass is 386 g/mol. The number of fused-ring (bicyclic) bond motifs is 4. The number of benzene rings is 1. The van der Waals surface area contributed by atoms with E-state index >= 15 is 0 Å². The van der Waals surface area contributed by atoms with Gasteiger partial charge < -0.3 is 10.2 Å². The first-order valence-electron chi connectivity index (χ1n) is 8.70. The lowest BCUT2D eigenvalue weighted by molar-refractivity contribution is 0.333. The lowest BCUT2D eigenvalue weighted by Crippen LogP contribution is -2.49. The van der Waals surface area contributed by atoms with Crippen LogP contribution in [0, 0.1) is 18.8 Å². The summed E-state index contributed by atoms with van der Waals surface area (Å²) in [5, 5.41) is 3.44. The van der Waals surface area contributed by atoms with Gasteiger partial charge >= 0.3 is 0 Å². The van der Waals surface area contributed by atoms with Crippen LogP contribution in [-0.2, 0) is 0 Å². The molecule has 1 aromatic carbocycles. The van der Waals surface area contributed by atoms with Crippen molar-refractivity contribution in [3.05, 3.63) is 33.8 Å². The van der Waals surface area contributed by atoms with E-state index in [9.17, 15) is 0 Å². The summed E-state index contributed by atoms with van der Waals surface area (Å²) in [6.07, 6.45) is 4.16. The van der Waals surface area contributed by atoms with Gasteiger partial charge in [-0.15, -0.1) is 0 Å². The molecule has 24 heavy (non-hydrogen) atoms. The maximum atomic E-state index is 5.18. The summed E-state index contributed by atoms with van der Waals surface area (Å²) in [4.78, 5) is 12.3. The molecule has 0 radical (unpaired) electrons. The van der Waals surface area contributed by atoms with Gasteiger partial charge in [0.05, 0.1) is 5.69 Å². The molecule has 0 aliphatic carbocycles. The zero-order valence-electron chi connectivity index (χ0n) is 14.2. The topological polar surface area (TPSA) is 40.0 Å². The van der Waals surface area contributed by atoms with Crippen molar-refractivity contribution in [3.8, 4) is 0 Å². The first kappa shape index (κ1) is 16.0. The standard InChI is InChI=1S/C19H23BrN4/c1-12-9-18-15(10-17(12)20)14-3-4-22-11-16(13(14)2)19(23-18)24-7-5-21-6-8-24/h3-4,9-10,13,16,21H,5-8,11H2,1-2H3.